The molecule has 0 bridgehead atoms. The summed E-state index contributed by atoms with van der Waals surface area (Å²) in [4.78, 5) is 21.8. The maximum atomic E-state index is 14.0. The summed E-state index contributed by atoms with van der Waals surface area (Å²) in [7, 11) is 0. The first-order valence-electron chi connectivity index (χ1n) is 10.1. The first-order chi connectivity index (χ1) is 16.0. The van der Waals surface area contributed by atoms with Crippen LogP contribution in [0.2, 0.25) is 0 Å². The van der Waals surface area contributed by atoms with Crippen LogP contribution in [0.3, 0.4) is 0 Å². The van der Waals surface area contributed by atoms with E-state index in [1.54, 1.807) is 11.8 Å². The molecule has 34 heavy (non-hydrogen) atoms. The number of nitrogens with zero attached hydrogens (tertiary/aromatic N) is 2. The zero-order valence-corrected chi connectivity index (χ0v) is 20.4. The highest BCUT2D eigenvalue weighted by Gasteiger charge is 2.34. The van der Waals surface area contributed by atoms with Gasteiger partial charge in [-0.05, 0) is 43.7 Å². The van der Waals surface area contributed by atoms with Gasteiger partial charge in [0.1, 0.15) is 10.8 Å². The molecule has 178 valence electrons. The Kier molecular flexibility index (Phi) is 6.97. The number of fused-ring (bicyclic) bond motifs is 1. The molecule has 0 aliphatic carbocycles. The minimum atomic E-state index is -4.74. The number of halogens is 4. The number of aromatic nitrogens is 2. The Labute approximate surface area is 204 Å². The maximum absolute atomic E-state index is 14.0. The minimum absolute atomic E-state index is 0.0380. The number of thiazole rings is 2. The molecular weight excluding hydrogens is 508 g/mol. The summed E-state index contributed by atoms with van der Waals surface area (Å²) in [5, 5.41) is 10.1. The summed E-state index contributed by atoms with van der Waals surface area (Å²) in [6.45, 7) is 3.78. The molecule has 0 aliphatic heterocycles. The van der Waals surface area contributed by atoms with E-state index in [0.29, 0.717) is 22.7 Å². The number of hydrogen-bond acceptors (Lipinski definition) is 6. The van der Waals surface area contributed by atoms with Gasteiger partial charge in [0, 0.05) is 27.5 Å². The number of aliphatic carboxylic acids is 1. The summed E-state index contributed by atoms with van der Waals surface area (Å²) in [5.41, 5.74) is 1.64. The molecule has 4 nitrogen and oxygen atoms in total. The lowest BCUT2D eigenvalue weighted by atomic mass is 10.1. The van der Waals surface area contributed by atoms with E-state index >= 15 is 0 Å². The first-order valence-corrected chi connectivity index (χ1v) is 12.7. The van der Waals surface area contributed by atoms with Gasteiger partial charge in [0.25, 0.3) is 0 Å². The van der Waals surface area contributed by atoms with Crippen LogP contribution in [0.15, 0.2) is 35.2 Å². The van der Waals surface area contributed by atoms with E-state index in [1.807, 2.05) is 26.0 Å². The van der Waals surface area contributed by atoms with Crippen molar-refractivity contribution in [1.82, 2.24) is 9.97 Å². The number of thioether (sulfide) groups is 1. The van der Waals surface area contributed by atoms with Crippen molar-refractivity contribution in [3.05, 3.63) is 62.9 Å². The van der Waals surface area contributed by atoms with Gasteiger partial charge in [0.05, 0.1) is 32.9 Å². The van der Waals surface area contributed by atoms with Gasteiger partial charge >= 0.3 is 12.1 Å². The second-order valence-corrected chi connectivity index (χ2v) is 10.8. The number of rotatable bonds is 7. The summed E-state index contributed by atoms with van der Waals surface area (Å²) in [6.07, 6.45) is -4.31. The van der Waals surface area contributed by atoms with Gasteiger partial charge in [-0.2, -0.15) is 13.2 Å². The maximum Gasteiger partial charge on any atom is 0.419 e. The van der Waals surface area contributed by atoms with E-state index in [2.05, 4.69) is 9.97 Å². The van der Waals surface area contributed by atoms with Gasteiger partial charge in [-0.25, -0.2) is 14.4 Å². The molecule has 1 N–H and O–H groups in total. The molecule has 0 amide bonds. The van der Waals surface area contributed by atoms with Crippen LogP contribution in [0.25, 0.3) is 20.8 Å². The molecule has 4 aromatic rings. The fourth-order valence-corrected chi connectivity index (χ4v) is 6.72. The Morgan fingerprint density at radius 3 is 2.56 bits per heavy atom. The molecule has 2 heterocycles. The van der Waals surface area contributed by atoms with Crippen LogP contribution in [0, 0.1) is 19.7 Å². The predicted octanol–water partition coefficient (Wildman–Crippen LogP) is 7.50. The van der Waals surface area contributed by atoms with Crippen molar-refractivity contribution in [3.63, 3.8) is 0 Å². The molecule has 0 fully saturated rings. The van der Waals surface area contributed by atoms with Crippen molar-refractivity contribution in [2.45, 2.75) is 43.5 Å². The van der Waals surface area contributed by atoms with Gasteiger partial charge in [0.15, 0.2) is 0 Å². The van der Waals surface area contributed by atoms with Gasteiger partial charge < -0.3 is 5.11 Å². The molecular formula is C23H18F4N2O2S3. The highest BCUT2D eigenvalue weighted by molar-refractivity contribution is 7.98. The van der Waals surface area contributed by atoms with E-state index in [1.165, 1.54) is 28.7 Å². The molecule has 0 atom stereocenters. The van der Waals surface area contributed by atoms with E-state index in [-0.39, 0.29) is 6.42 Å². The van der Waals surface area contributed by atoms with Crippen LogP contribution in [0.4, 0.5) is 17.6 Å². The lowest BCUT2D eigenvalue weighted by Crippen LogP contribution is -2.07. The van der Waals surface area contributed by atoms with Crippen LogP contribution in [0.1, 0.15) is 33.1 Å². The monoisotopic (exact) mass is 526 g/mol. The van der Waals surface area contributed by atoms with Crippen molar-refractivity contribution in [2.75, 3.05) is 0 Å². The second kappa shape index (κ2) is 9.63. The van der Waals surface area contributed by atoms with Crippen molar-refractivity contribution in [3.8, 4) is 10.6 Å². The van der Waals surface area contributed by atoms with Crippen molar-refractivity contribution in [2.24, 2.45) is 0 Å². The van der Waals surface area contributed by atoms with Gasteiger partial charge in [0.2, 0.25) is 0 Å². The normalized spacial score (nSPS) is 11.9. The van der Waals surface area contributed by atoms with E-state index in [4.69, 9.17) is 5.11 Å². The van der Waals surface area contributed by atoms with Crippen LogP contribution in [-0.4, -0.2) is 21.0 Å². The third-order valence-electron chi connectivity index (χ3n) is 5.04. The molecule has 2 aromatic carbocycles. The average Bonchev–Trinajstić information content (AvgIpc) is 3.33. The number of carboxylic acid groups (broad SMARTS) is 1. The quantitative estimate of drug-likeness (QED) is 0.200. The number of aryl methyl sites for hydroxylation is 3. The van der Waals surface area contributed by atoms with Gasteiger partial charge in [-0.1, -0.05) is 6.07 Å². The van der Waals surface area contributed by atoms with Crippen molar-refractivity contribution < 1.29 is 27.5 Å². The molecule has 0 aliphatic rings. The molecule has 0 saturated heterocycles. The van der Waals surface area contributed by atoms with Gasteiger partial charge in [-0.15, -0.1) is 34.4 Å². The topological polar surface area (TPSA) is 63.1 Å². The minimum Gasteiger partial charge on any atom is -0.481 e. The molecule has 11 heteroatoms. The SMILES string of the molecule is Cc1nc(-c2ccc(C(F)(F)F)c(F)c2)sc1CSc1cc(C)c2nc(CCC(=O)O)sc2c1. The number of hydrogen-bond donors (Lipinski definition) is 1. The Morgan fingerprint density at radius 1 is 1.12 bits per heavy atom. The Morgan fingerprint density at radius 2 is 1.88 bits per heavy atom. The van der Waals surface area contributed by atoms with E-state index < -0.39 is 23.5 Å². The molecule has 4 rings (SSSR count). The fourth-order valence-electron chi connectivity index (χ4n) is 3.33. The largest absolute Gasteiger partial charge is 0.481 e. The van der Waals surface area contributed by atoms with Crippen LogP contribution in [0.5, 0.6) is 0 Å². The lowest BCUT2D eigenvalue weighted by Gasteiger charge is -2.08. The zero-order chi connectivity index (χ0) is 24.6. The summed E-state index contributed by atoms with van der Waals surface area (Å²) >= 11 is 4.41. The standard InChI is InChI=1S/C23H18F4N2O2S3/c1-11-7-14(9-17-21(11)29-19(33-17)5-6-20(30)31)32-10-18-12(2)28-22(34-18)13-3-4-15(16(24)8-13)23(25,26)27/h3-4,7-9H,5-6,10H2,1-2H3,(H,30,31). The molecule has 2 aromatic heterocycles. The van der Waals surface area contributed by atoms with Crippen LogP contribution >= 0.6 is 34.4 Å². The van der Waals surface area contributed by atoms with Crippen LogP contribution < -0.4 is 0 Å². The second-order valence-electron chi connectivity index (χ2n) is 7.60. The summed E-state index contributed by atoms with van der Waals surface area (Å²) in [6, 6.07) is 6.91. The van der Waals surface area contributed by atoms with E-state index in [9.17, 15) is 22.4 Å². The Bertz CT molecular complexity index is 1380. The highest BCUT2D eigenvalue weighted by atomic mass is 32.2. The third-order valence-corrected chi connectivity index (χ3v) is 8.49. The summed E-state index contributed by atoms with van der Waals surface area (Å²) < 4.78 is 53.5. The number of alkyl halides is 3. The summed E-state index contributed by atoms with van der Waals surface area (Å²) in [5.74, 6) is -1.57. The van der Waals surface area contributed by atoms with Gasteiger partial charge in [-0.3, -0.25) is 4.79 Å². The fraction of sp³-hybridized carbons (Fsp3) is 0.261. The molecule has 0 spiro atoms. The molecule has 0 saturated carbocycles. The average molecular weight is 527 g/mol. The molecule has 0 unspecified atom stereocenters. The number of benzene rings is 2. The Hall–Kier alpha value is -2.50. The first kappa shape index (κ1) is 24.6. The lowest BCUT2D eigenvalue weighted by molar-refractivity contribution is -0.140. The third kappa shape index (κ3) is 5.42. The Balaban J connectivity index is 1.51. The number of carboxylic acids is 1. The predicted molar refractivity (Wildman–Crippen MR) is 127 cm³/mol. The molecule has 0 radical (unpaired) electrons. The highest BCUT2D eigenvalue weighted by Crippen LogP contribution is 2.37. The smallest absolute Gasteiger partial charge is 0.419 e. The van der Waals surface area contributed by atoms with Crippen LogP contribution in [-0.2, 0) is 23.1 Å². The van der Waals surface area contributed by atoms with Crippen molar-refractivity contribution in [1.29, 1.82) is 0 Å². The zero-order valence-electron chi connectivity index (χ0n) is 18.0. The number of carbonyl (C=O) groups is 1. The van der Waals surface area contributed by atoms with E-state index in [0.717, 1.165) is 48.4 Å². The van der Waals surface area contributed by atoms with Crippen molar-refractivity contribution >= 4 is 50.6 Å².